The summed E-state index contributed by atoms with van der Waals surface area (Å²) >= 11 is 0. The molecule has 3 nitrogen and oxygen atoms in total. The van der Waals surface area contributed by atoms with Crippen molar-refractivity contribution in [2.75, 3.05) is 5.75 Å². The van der Waals surface area contributed by atoms with Gasteiger partial charge in [-0.1, -0.05) is 25.6 Å². The third kappa shape index (κ3) is 5.41. The summed E-state index contributed by atoms with van der Waals surface area (Å²) in [5.41, 5.74) is 8.76. The van der Waals surface area contributed by atoms with Gasteiger partial charge in [-0.2, -0.15) is 0 Å². The van der Waals surface area contributed by atoms with E-state index >= 15 is 0 Å². The Kier molecular flexibility index (Phi) is 7.83. The van der Waals surface area contributed by atoms with E-state index in [1.165, 1.54) is 5.56 Å². The Labute approximate surface area is 202 Å². The minimum absolute atomic E-state index is 0.125. The van der Waals surface area contributed by atoms with E-state index in [1.807, 2.05) is 24.3 Å². The average molecular weight is 491 g/mol. The third-order valence-corrected chi connectivity index (χ3v) is 8.79. The molecule has 34 heavy (non-hydrogen) atoms. The van der Waals surface area contributed by atoms with Crippen LogP contribution < -0.4 is 5.73 Å². The zero-order valence-corrected chi connectivity index (χ0v) is 20.4. The van der Waals surface area contributed by atoms with Crippen molar-refractivity contribution in [2.24, 2.45) is 11.7 Å². The highest BCUT2D eigenvalue weighted by Gasteiger charge is 2.42. The molecule has 2 bridgehead atoms. The first-order valence-electron chi connectivity index (χ1n) is 12.1. The van der Waals surface area contributed by atoms with Crippen molar-refractivity contribution >= 4 is 10.8 Å². The van der Waals surface area contributed by atoms with Gasteiger partial charge in [-0.25, -0.2) is 13.2 Å². The molecule has 2 heterocycles. The van der Waals surface area contributed by atoms with Crippen molar-refractivity contribution in [1.82, 2.24) is 4.90 Å². The summed E-state index contributed by atoms with van der Waals surface area (Å²) in [6.07, 6.45) is 5.60. The number of nitrogens with two attached hydrogens (primary N) is 1. The van der Waals surface area contributed by atoms with Crippen LogP contribution in [-0.2, 0) is 23.6 Å². The van der Waals surface area contributed by atoms with Crippen LogP contribution in [-0.4, -0.2) is 33.0 Å². The zero-order valence-electron chi connectivity index (χ0n) is 19.6. The Morgan fingerprint density at radius 3 is 2.47 bits per heavy atom. The minimum atomic E-state index is -1.18. The summed E-state index contributed by atoms with van der Waals surface area (Å²) in [5, 5.41) is 0. The Morgan fingerprint density at radius 1 is 1.12 bits per heavy atom. The summed E-state index contributed by atoms with van der Waals surface area (Å²) < 4.78 is 53.7. The van der Waals surface area contributed by atoms with Gasteiger partial charge in [0.15, 0.2) is 11.6 Å². The van der Waals surface area contributed by atoms with Crippen molar-refractivity contribution in [1.29, 1.82) is 0 Å². The largest absolute Gasteiger partial charge is 0.369 e. The first-order chi connectivity index (χ1) is 16.3. The van der Waals surface area contributed by atoms with Crippen LogP contribution >= 0.6 is 0 Å². The standard InChI is InChI=1S/C27H33F3N2OS/c1-3-18-5-4-6-23(11-18)34(33)10-9-17(2)32-21-7-8-22(32)13-20(12-21)27(31)15-19-14-25(29)26(30)16-24(19)28/h4-6,11,14,16,20-22,27H,2-3,7-10,12-13,15,31H2,1H3/t20?,21-,22?,27?,34?/m1/s1. The molecule has 2 saturated heterocycles. The fourth-order valence-corrected chi connectivity index (χ4v) is 6.76. The van der Waals surface area contributed by atoms with Gasteiger partial charge in [-0.15, -0.1) is 0 Å². The summed E-state index contributed by atoms with van der Waals surface area (Å²) in [6, 6.07) is 9.77. The van der Waals surface area contributed by atoms with Gasteiger partial charge in [0.05, 0.1) is 10.8 Å². The Hall–Kier alpha value is -2.12. The molecule has 2 aromatic carbocycles. The van der Waals surface area contributed by atoms with Gasteiger partial charge in [0.25, 0.3) is 0 Å². The Bertz CT molecular complexity index is 1060. The SMILES string of the molecule is C=C(CCS(=O)c1cccc(CC)c1)N1C2CC[C@@H]1CC(C(N)Cc1cc(F)c(F)cc1F)C2. The number of piperidine rings is 1. The molecule has 4 unspecified atom stereocenters. The maximum atomic E-state index is 14.1. The molecular weight excluding hydrogens is 457 g/mol. The molecule has 2 fully saturated rings. The fourth-order valence-electron chi connectivity index (χ4n) is 5.59. The van der Waals surface area contributed by atoms with Crippen LogP contribution in [0.1, 0.15) is 50.2 Å². The Balaban J connectivity index is 1.34. The molecule has 0 saturated carbocycles. The number of nitrogens with zero attached hydrogens (tertiary/aromatic N) is 1. The number of hydrogen-bond donors (Lipinski definition) is 1. The lowest BCUT2D eigenvalue weighted by molar-refractivity contribution is 0.125. The first kappa shape index (κ1) is 25.0. The van der Waals surface area contributed by atoms with E-state index in [0.29, 0.717) is 30.3 Å². The second kappa shape index (κ2) is 10.6. The molecule has 2 aliphatic heterocycles. The van der Waals surface area contributed by atoms with Gasteiger partial charge in [0.1, 0.15) is 5.82 Å². The fraction of sp³-hybridized carbons (Fsp3) is 0.481. The second-order valence-electron chi connectivity index (χ2n) is 9.62. The highest BCUT2D eigenvalue weighted by Crippen LogP contribution is 2.42. The summed E-state index contributed by atoms with van der Waals surface area (Å²) in [7, 11) is -1.07. The van der Waals surface area contributed by atoms with Gasteiger partial charge in [-0.3, -0.25) is 4.21 Å². The second-order valence-corrected chi connectivity index (χ2v) is 11.2. The maximum absolute atomic E-state index is 14.1. The number of aryl methyl sites for hydroxylation is 1. The molecule has 0 aliphatic carbocycles. The van der Waals surface area contributed by atoms with Crippen LogP contribution in [0, 0.1) is 23.4 Å². The van der Waals surface area contributed by atoms with Gasteiger partial charge >= 0.3 is 0 Å². The van der Waals surface area contributed by atoms with Crippen molar-refractivity contribution < 1.29 is 17.4 Å². The van der Waals surface area contributed by atoms with Crippen LogP contribution in [0.4, 0.5) is 13.2 Å². The molecule has 0 aromatic heterocycles. The lowest BCUT2D eigenvalue weighted by Gasteiger charge is -2.43. The lowest BCUT2D eigenvalue weighted by Crippen LogP contribution is -2.47. The molecule has 0 radical (unpaired) electrons. The zero-order chi connectivity index (χ0) is 24.4. The lowest BCUT2D eigenvalue weighted by atomic mass is 9.82. The van der Waals surface area contributed by atoms with E-state index in [2.05, 4.69) is 18.4 Å². The third-order valence-electron chi connectivity index (χ3n) is 7.43. The number of allylic oxidation sites excluding steroid dienone is 1. The maximum Gasteiger partial charge on any atom is 0.161 e. The van der Waals surface area contributed by atoms with Crippen LogP contribution in [0.25, 0.3) is 0 Å². The van der Waals surface area contributed by atoms with Gasteiger partial charge < -0.3 is 10.6 Å². The summed E-state index contributed by atoms with van der Waals surface area (Å²) in [5.74, 6) is -2.26. The quantitative estimate of drug-likeness (QED) is 0.473. The van der Waals surface area contributed by atoms with Crippen molar-refractivity contribution in [3.63, 3.8) is 0 Å². The molecule has 0 spiro atoms. The smallest absolute Gasteiger partial charge is 0.161 e. The number of halogens is 3. The molecule has 4 rings (SSSR count). The molecule has 5 atom stereocenters. The van der Waals surface area contributed by atoms with E-state index in [4.69, 9.17) is 5.73 Å². The van der Waals surface area contributed by atoms with Crippen LogP contribution in [0.5, 0.6) is 0 Å². The topological polar surface area (TPSA) is 46.3 Å². The molecular formula is C27H33F3N2OS. The van der Waals surface area contributed by atoms with Crippen molar-refractivity contribution in [3.05, 3.63) is 77.3 Å². The molecule has 2 aromatic rings. The molecule has 0 amide bonds. The average Bonchev–Trinajstić information content (AvgIpc) is 3.09. The van der Waals surface area contributed by atoms with E-state index < -0.39 is 28.3 Å². The normalized spacial score (nSPS) is 23.7. The first-order valence-corrected chi connectivity index (χ1v) is 13.4. The number of benzene rings is 2. The summed E-state index contributed by atoms with van der Waals surface area (Å²) in [4.78, 5) is 3.25. The van der Waals surface area contributed by atoms with E-state index in [0.717, 1.165) is 48.8 Å². The van der Waals surface area contributed by atoms with E-state index in [1.54, 1.807) is 0 Å². The predicted molar refractivity (Wildman–Crippen MR) is 130 cm³/mol. The van der Waals surface area contributed by atoms with Crippen LogP contribution in [0.3, 0.4) is 0 Å². The number of fused-ring (bicyclic) bond motifs is 2. The summed E-state index contributed by atoms with van der Waals surface area (Å²) in [6.45, 7) is 6.41. The number of hydrogen-bond acceptors (Lipinski definition) is 3. The minimum Gasteiger partial charge on any atom is -0.369 e. The molecule has 7 heteroatoms. The number of rotatable bonds is 9. The predicted octanol–water partition coefficient (Wildman–Crippen LogP) is 5.49. The van der Waals surface area contributed by atoms with Gasteiger partial charge in [0.2, 0.25) is 0 Å². The monoisotopic (exact) mass is 490 g/mol. The molecule has 2 N–H and O–H groups in total. The van der Waals surface area contributed by atoms with Crippen molar-refractivity contribution in [2.45, 2.75) is 74.9 Å². The Morgan fingerprint density at radius 2 is 1.79 bits per heavy atom. The molecule has 2 aliphatic rings. The van der Waals surface area contributed by atoms with Crippen LogP contribution in [0.2, 0.25) is 0 Å². The van der Waals surface area contributed by atoms with Gasteiger partial charge in [0, 0.05) is 40.5 Å². The van der Waals surface area contributed by atoms with Crippen LogP contribution in [0.15, 0.2) is 53.6 Å². The van der Waals surface area contributed by atoms with Crippen molar-refractivity contribution in [3.8, 4) is 0 Å². The van der Waals surface area contributed by atoms with E-state index in [9.17, 15) is 17.4 Å². The highest BCUT2D eigenvalue weighted by atomic mass is 32.2. The molecule has 184 valence electrons. The van der Waals surface area contributed by atoms with Gasteiger partial charge in [-0.05, 0) is 80.2 Å². The highest BCUT2D eigenvalue weighted by molar-refractivity contribution is 7.85. The van der Waals surface area contributed by atoms with E-state index in [-0.39, 0.29) is 23.9 Å².